The van der Waals surface area contributed by atoms with Gasteiger partial charge in [0.2, 0.25) is 0 Å². The number of hydrogen-bond donors (Lipinski definition) is 2. The standard InChI is InChI=1S/C14H22N4O2/c1-4-7-15-12-8-11(18(19)20)9-13(16-12)17-14(2,3)10-5-6-10/h8-10H,4-7H2,1-3H3,(H2,15,16,17). The Balaban J connectivity index is 2.21. The van der Waals surface area contributed by atoms with E-state index >= 15 is 0 Å². The van der Waals surface area contributed by atoms with Crippen LogP contribution in [-0.4, -0.2) is 22.0 Å². The van der Waals surface area contributed by atoms with Crippen molar-refractivity contribution in [1.82, 2.24) is 4.98 Å². The highest BCUT2D eigenvalue weighted by Gasteiger charge is 2.38. The molecule has 1 aliphatic carbocycles. The van der Waals surface area contributed by atoms with Crippen molar-refractivity contribution in [3.05, 3.63) is 22.2 Å². The number of pyridine rings is 1. The van der Waals surface area contributed by atoms with Crippen LogP contribution < -0.4 is 10.6 Å². The maximum absolute atomic E-state index is 11.0. The summed E-state index contributed by atoms with van der Waals surface area (Å²) < 4.78 is 0. The molecule has 1 aromatic heterocycles. The zero-order chi connectivity index (χ0) is 14.8. The number of nitro groups is 1. The van der Waals surface area contributed by atoms with Gasteiger partial charge in [0.05, 0.1) is 17.1 Å². The molecule has 1 fully saturated rings. The van der Waals surface area contributed by atoms with Crippen LogP contribution in [0.3, 0.4) is 0 Å². The van der Waals surface area contributed by atoms with Crippen LogP contribution in [0.2, 0.25) is 0 Å². The molecule has 0 aliphatic heterocycles. The molecule has 1 saturated carbocycles. The highest BCUT2D eigenvalue weighted by Crippen LogP contribution is 2.41. The first-order chi connectivity index (χ1) is 9.42. The zero-order valence-corrected chi connectivity index (χ0v) is 12.3. The molecule has 1 heterocycles. The monoisotopic (exact) mass is 278 g/mol. The third-order valence-corrected chi connectivity index (χ3v) is 3.63. The maximum Gasteiger partial charge on any atom is 0.276 e. The minimum absolute atomic E-state index is 0.0627. The molecule has 20 heavy (non-hydrogen) atoms. The van der Waals surface area contributed by atoms with Crippen molar-refractivity contribution in [3.8, 4) is 0 Å². The van der Waals surface area contributed by atoms with Crippen LogP contribution in [0.25, 0.3) is 0 Å². The second kappa shape index (κ2) is 5.64. The van der Waals surface area contributed by atoms with Crippen LogP contribution in [0.4, 0.5) is 17.3 Å². The summed E-state index contributed by atoms with van der Waals surface area (Å²) in [6.07, 6.45) is 3.35. The van der Waals surface area contributed by atoms with Crippen molar-refractivity contribution in [2.75, 3.05) is 17.2 Å². The highest BCUT2D eigenvalue weighted by molar-refractivity contribution is 5.55. The molecule has 0 radical (unpaired) electrons. The summed E-state index contributed by atoms with van der Waals surface area (Å²) in [7, 11) is 0. The fraction of sp³-hybridized carbons (Fsp3) is 0.643. The molecule has 6 heteroatoms. The van der Waals surface area contributed by atoms with Crippen LogP contribution in [0, 0.1) is 16.0 Å². The van der Waals surface area contributed by atoms with Crippen molar-refractivity contribution >= 4 is 17.3 Å². The first-order valence-electron chi connectivity index (χ1n) is 7.11. The lowest BCUT2D eigenvalue weighted by Crippen LogP contribution is -2.33. The van der Waals surface area contributed by atoms with Gasteiger partial charge >= 0.3 is 0 Å². The molecule has 2 N–H and O–H groups in total. The summed E-state index contributed by atoms with van der Waals surface area (Å²) in [5, 5.41) is 17.5. The Kier molecular flexibility index (Phi) is 4.11. The summed E-state index contributed by atoms with van der Waals surface area (Å²) >= 11 is 0. The summed E-state index contributed by atoms with van der Waals surface area (Å²) in [6, 6.07) is 2.98. The Morgan fingerprint density at radius 3 is 2.60 bits per heavy atom. The Bertz CT molecular complexity index is 498. The Labute approximate surface area is 119 Å². The molecular formula is C14H22N4O2. The van der Waals surface area contributed by atoms with Gasteiger partial charge in [0.25, 0.3) is 5.69 Å². The first-order valence-corrected chi connectivity index (χ1v) is 7.11. The van der Waals surface area contributed by atoms with Crippen LogP contribution in [0.15, 0.2) is 12.1 Å². The van der Waals surface area contributed by atoms with Crippen molar-refractivity contribution in [2.24, 2.45) is 5.92 Å². The van der Waals surface area contributed by atoms with Crippen molar-refractivity contribution in [3.63, 3.8) is 0 Å². The zero-order valence-electron chi connectivity index (χ0n) is 12.3. The van der Waals surface area contributed by atoms with E-state index in [1.165, 1.54) is 25.0 Å². The van der Waals surface area contributed by atoms with Gasteiger partial charge in [-0.3, -0.25) is 10.1 Å². The van der Waals surface area contributed by atoms with Gasteiger partial charge in [-0.05, 0) is 39.0 Å². The fourth-order valence-electron chi connectivity index (χ4n) is 2.27. The van der Waals surface area contributed by atoms with Gasteiger partial charge in [0.1, 0.15) is 11.6 Å². The average molecular weight is 278 g/mol. The predicted octanol–water partition coefficient (Wildman–Crippen LogP) is 3.41. The average Bonchev–Trinajstić information content (AvgIpc) is 3.20. The van der Waals surface area contributed by atoms with Crippen LogP contribution in [0.5, 0.6) is 0 Å². The van der Waals surface area contributed by atoms with E-state index in [2.05, 4.69) is 29.5 Å². The molecule has 0 amide bonds. The Morgan fingerprint density at radius 1 is 1.40 bits per heavy atom. The van der Waals surface area contributed by atoms with E-state index in [0.29, 0.717) is 17.6 Å². The normalized spacial score (nSPS) is 14.9. The van der Waals surface area contributed by atoms with E-state index in [1.807, 2.05) is 6.92 Å². The van der Waals surface area contributed by atoms with Crippen molar-refractivity contribution < 1.29 is 4.92 Å². The minimum atomic E-state index is -0.381. The molecule has 0 spiro atoms. The lowest BCUT2D eigenvalue weighted by Gasteiger charge is -2.27. The molecule has 1 aromatic rings. The predicted molar refractivity (Wildman–Crippen MR) is 80.1 cm³/mol. The van der Waals surface area contributed by atoms with Crippen LogP contribution in [-0.2, 0) is 0 Å². The van der Waals surface area contributed by atoms with E-state index in [4.69, 9.17) is 0 Å². The number of rotatable bonds is 7. The quantitative estimate of drug-likeness (QED) is 0.590. The van der Waals surface area contributed by atoms with E-state index in [0.717, 1.165) is 13.0 Å². The third-order valence-electron chi connectivity index (χ3n) is 3.63. The van der Waals surface area contributed by atoms with E-state index < -0.39 is 0 Å². The molecule has 2 rings (SSSR count). The summed E-state index contributed by atoms with van der Waals surface area (Å²) in [5.41, 5.74) is -0.0164. The largest absolute Gasteiger partial charge is 0.370 e. The fourth-order valence-corrected chi connectivity index (χ4v) is 2.27. The molecule has 1 aliphatic rings. The molecule has 0 aromatic carbocycles. The Morgan fingerprint density at radius 2 is 2.05 bits per heavy atom. The summed E-state index contributed by atoms with van der Waals surface area (Å²) in [6.45, 7) is 7.02. The van der Waals surface area contributed by atoms with Gasteiger partial charge in [0.15, 0.2) is 0 Å². The second-order valence-corrected chi connectivity index (χ2v) is 5.90. The smallest absolute Gasteiger partial charge is 0.276 e. The SMILES string of the molecule is CCCNc1cc([N+](=O)[O-])cc(NC(C)(C)C2CC2)n1. The van der Waals surface area contributed by atoms with E-state index in [9.17, 15) is 10.1 Å². The molecule has 0 atom stereocenters. The van der Waals surface area contributed by atoms with E-state index in [1.54, 1.807) is 0 Å². The van der Waals surface area contributed by atoms with Crippen molar-refractivity contribution in [1.29, 1.82) is 0 Å². The lowest BCUT2D eigenvalue weighted by molar-refractivity contribution is -0.384. The number of nitrogens with one attached hydrogen (secondary N) is 2. The molecule has 0 unspecified atom stereocenters. The van der Waals surface area contributed by atoms with Gasteiger partial charge in [-0.25, -0.2) is 4.98 Å². The third kappa shape index (κ3) is 3.59. The number of nitrogens with zero attached hydrogens (tertiary/aromatic N) is 2. The first kappa shape index (κ1) is 14.6. The topological polar surface area (TPSA) is 80.1 Å². The highest BCUT2D eigenvalue weighted by atomic mass is 16.6. The van der Waals surface area contributed by atoms with E-state index in [-0.39, 0.29) is 16.1 Å². The minimum Gasteiger partial charge on any atom is -0.370 e. The summed E-state index contributed by atoms with van der Waals surface area (Å²) in [5.74, 6) is 1.74. The Hall–Kier alpha value is -1.85. The number of aromatic nitrogens is 1. The van der Waals surface area contributed by atoms with Gasteiger partial charge in [-0.1, -0.05) is 6.92 Å². The van der Waals surface area contributed by atoms with Gasteiger partial charge in [-0.2, -0.15) is 0 Å². The van der Waals surface area contributed by atoms with Gasteiger partial charge in [-0.15, -0.1) is 0 Å². The second-order valence-electron chi connectivity index (χ2n) is 5.90. The maximum atomic E-state index is 11.0. The van der Waals surface area contributed by atoms with Crippen molar-refractivity contribution in [2.45, 2.75) is 45.6 Å². The molecule has 6 nitrogen and oxygen atoms in total. The molecule has 0 saturated heterocycles. The molecule has 110 valence electrons. The molecule has 0 bridgehead atoms. The number of anilines is 2. The number of hydrogen-bond acceptors (Lipinski definition) is 5. The van der Waals surface area contributed by atoms with Gasteiger partial charge < -0.3 is 10.6 Å². The molecular weight excluding hydrogens is 256 g/mol. The summed E-state index contributed by atoms with van der Waals surface area (Å²) in [4.78, 5) is 15.1. The van der Waals surface area contributed by atoms with Crippen LogP contribution >= 0.6 is 0 Å². The van der Waals surface area contributed by atoms with Crippen LogP contribution in [0.1, 0.15) is 40.0 Å². The van der Waals surface area contributed by atoms with Gasteiger partial charge in [0, 0.05) is 12.1 Å². The lowest BCUT2D eigenvalue weighted by atomic mass is 9.99.